The van der Waals surface area contributed by atoms with E-state index in [0.29, 0.717) is 17.6 Å². The van der Waals surface area contributed by atoms with E-state index in [4.69, 9.17) is 5.11 Å². The van der Waals surface area contributed by atoms with E-state index in [2.05, 4.69) is 4.98 Å². The number of hydrogen-bond donors (Lipinski definition) is 2. The highest BCUT2D eigenvalue weighted by atomic mass is 32.2. The maximum Gasteiger partial charge on any atom is 0.335 e. The van der Waals surface area contributed by atoms with Gasteiger partial charge in [0.1, 0.15) is 0 Å². The molecule has 1 aromatic carbocycles. The second kappa shape index (κ2) is 5.40. The lowest BCUT2D eigenvalue weighted by molar-refractivity contribution is 0.0697. The number of rotatable bonds is 4. The van der Waals surface area contributed by atoms with Crippen molar-refractivity contribution in [3.05, 3.63) is 44.5 Å². The summed E-state index contributed by atoms with van der Waals surface area (Å²) in [4.78, 5) is 37.4. The normalized spacial score (nSPS) is 11.8. The van der Waals surface area contributed by atoms with Gasteiger partial charge in [-0.15, -0.1) is 0 Å². The van der Waals surface area contributed by atoms with Gasteiger partial charge in [-0.3, -0.25) is 9.59 Å². The Morgan fingerprint density at radius 2 is 2.05 bits per heavy atom. The van der Waals surface area contributed by atoms with Crippen LogP contribution in [0.1, 0.15) is 24.2 Å². The minimum Gasteiger partial charge on any atom is -0.478 e. The minimum atomic E-state index is -1.08. The van der Waals surface area contributed by atoms with E-state index in [-0.39, 0.29) is 10.3 Å². The summed E-state index contributed by atoms with van der Waals surface area (Å²) in [6.07, 6.45) is 1.92. The molecule has 0 amide bonds. The Labute approximate surface area is 124 Å². The third-order valence-corrected chi connectivity index (χ3v) is 4.55. The fourth-order valence-electron chi connectivity index (χ4n) is 2.00. The summed E-state index contributed by atoms with van der Waals surface area (Å²) in [7, 11) is 0. The third kappa shape index (κ3) is 3.02. The van der Waals surface area contributed by atoms with Crippen LogP contribution >= 0.6 is 11.8 Å². The lowest BCUT2D eigenvalue weighted by atomic mass is 10.1. The molecule has 0 saturated carbocycles. The molecule has 2 rings (SSSR count). The zero-order valence-corrected chi connectivity index (χ0v) is 12.8. The molecule has 6 nitrogen and oxygen atoms in total. The molecular formula is C14H16N2O4S. The van der Waals surface area contributed by atoms with Crippen LogP contribution in [0.3, 0.4) is 0 Å². The van der Waals surface area contributed by atoms with E-state index in [1.165, 1.54) is 22.8 Å². The van der Waals surface area contributed by atoms with Gasteiger partial charge in [-0.2, -0.15) is 11.8 Å². The largest absolute Gasteiger partial charge is 0.478 e. The Hall–Kier alpha value is -2.02. The first-order valence-corrected chi connectivity index (χ1v) is 7.53. The second-order valence-electron chi connectivity index (χ2n) is 5.35. The van der Waals surface area contributed by atoms with Crippen LogP contribution in [0.2, 0.25) is 0 Å². The van der Waals surface area contributed by atoms with Crippen molar-refractivity contribution in [1.82, 2.24) is 9.55 Å². The molecular weight excluding hydrogens is 292 g/mol. The molecule has 0 radical (unpaired) electrons. The lowest BCUT2D eigenvalue weighted by Gasteiger charge is -2.23. The number of thioether (sulfide) groups is 1. The molecule has 0 aliphatic rings. The molecule has 0 spiro atoms. The molecule has 0 atom stereocenters. The first kappa shape index (κ1) is 15.4. The maximum absolute atomic E-state index is 12.1. The van der Waals surface area contributed by atoms with Crippen molar-refractivity contribution in [3.63, 3.8) is 0 Å². The van der Waals surface area contributed by atoms with Crippen molar-refractivity contribution >= 4 is 28.8 Å². The monoisotopic (exact) mass is 308 g/mol. The predicted octanol–water partition coefficient (Wildman–Crippen LogP) is 1.53. The molecule has 0 aliphatic carbocycles. The Morgan fingerprint density at radius 1 is 1.38 bits per heavy atom. The Morgan fingerprint density at radius 3 is 2.62 bits per heavy atom. The molecule has 1 heterocycles. The molecule has 0 fully saturated rings. The SMILES string of the molecule is CSC(C)(C)Cn1c(=O)c(=O)[nH]c2ccc(C(=O)O)cc21. The summed E-state index contributed by atoms with van der Waals surface area (Å²) < 4.78 is 1.08. The molecule has 7 heteroatoms. The molecule has 0 saturated heterocycles. The summed E-state index contributed by atoms with van der Waals surface area (Å²) in [5.41, 5.74) is -0.442. The van der Waals surface area contributed by atoms with Crippen LogP contribution in [0.4, 0.5) is 0 Å². The van der Waals surface area contributed by atoms with Crippen molar-refractivity contribution in [2.45, 2.75) is 25.1 Å². The highest BCUT2D eigenvalue weighted by molar-refractivity contribution is 7.99. The number of carboxylic acids is 1. The molecule has 21 heavy (non-hydrogen) atoms. The first-order valence-electron chi connectivity index (χ1n) is 6.30. The fraction of sp³-hybridized carbons (Fsp3) is 0.357. The summed E-state index contributed by atoms with van der Waals surface area (Å²) in [6.45, 7) is 4.23. The van der Waals surface area contributed by atoms with E-state index in [1.54, 1.807) is 11.8 Å². The number of carbonyl (C=O) groups is 1. The Bertz CT molecular complexity index is 820. The van der Waals surface area contributed by atoms with Gasteiger partial charge in [-0.1, -0.05) is 0 Å². The predicted molar refractivity (Wildman–Crippen MR) is 83.4 cm³/mol. The van der Waals surface area contributed by atoms with E-state index in [9.17, 15) is 14.4 Å². The van der Waals surface area contributed by atoms with Crippen LogP contribution in [0.5, 0.6) is 0 Å². The zero-order chi connectivity index (χ0) is 15.8. The van der Waals surface area contributed by atoms with Gasteiger partial charge in [0.2, 0.25) is 0 Å². The smallest absolute Gasteiger partial charge is 0.335 e. The van der Waals surface area contributed by atoms with Crippen LogP contribution in [-0.4, -0.2) is 31.6 Å². The van der Waals surface area contributed by atoms with E-state index < -0.39 is 17.1 Å². The summed E-state index contributed by atoms with van der Waals surface area (Å²) in [5, 5.41) is 9.07. The van der Waals surface area contributed by atoms with Gasteiger partial charge in [-0.25, -0.2) is 4.79 Å². The molecule has 2 aromatic rings. The lowest BCUT2D eigenvalue weighted by Crippen LogP contribution is -2.40. The number of benzene rings is 1. The standard InChI is InChI=1S/C14H16N2O4S/c1-14(2,21-3)7-16-10-6-8(13(19)20)4-5-9(10)15-11(17)12(16)18/h4-6H,7H2,1-3H3,(H,15,17)(H,19,20). The minimum absolute atomic E-state index is 0.0738. The van der Waals surface area contributed by atoms with Crippen LogP contribution in [0.25, 0.3) is 11.0 Å². The van der Waals surface area contributed by atoms with Crippen LogP contribution in [0, 0.1) is 0 Å². The Balaban J connectivity index is 2.78. The highest BCUT2D eigenvalue weighted by Gasteiger charge is 2.20. The number of aromatic carboxylic acids is 1. The molecule has 0 unspecified atom stereocenters. The summed E-state index contributed by atoms with van der Waals surface area (Å²) in [6, 6.07) is 4.31. The van der Waals surface area contributed by atoms with Crippen molar-refractivity contribution in [1.29, 1.82) is 0 Å². The number of aromatic amines is 1. The quantitative estimate of drug-likeness (QED) is 0.836. The highest BCUT2D eigenvalue weighted by Crippen LogP contribution is 2.24. The number of nitrogens with one attached hydrogen (secondary N) is 1. The van der Waals surface area contributed by atoms with Crippen LogP contribution in [-0.2, 0) is 6.54 Å². The molecule has 0 bridgehead atoms. The van der Waals surface area contributed by atoms with Crippen molar-refractivity contribution in [2.24, 2.45) is 0 Å². The summed E-state index contributed by atoms with van der Waals surface area (Å²) >= 11 is 1.57. The summed E-state index contributed by atoms with van der Waals surface area (Å²) in [5.74, 6) is -1.08. The van der Waals surface area contributed by atoms with Gasteiger partial charge < -0.3 is 14.7 Å². The maximum atomic E-state index is 12.1. The van der Waals surface area contributed by atoms with Crippen molar-refractivity contribution in [2.75, 3.05) is 6.26 Å². The van der Waals surface area contributed by atoms with Gasteiger partial charge in [-0.05, 0) is 38.3 Å². The first-order chi connectivity index (χ1) is 9.75. The number of H-pyrrole nitrogens is 1. The van der Waals surface area contributed by atoms with E-state index >= 15 is 0 Å². The fourth-order valence-corrected chi connectivity index (χ4v) is 2.26. The molecule has 0 aliphatic heterocycles. The van der Waals surface area contributed by atoms with Gasteiger partial charge >= 0.3 is 17.1 Å². The molecule has 2 N–H and O–H groups in total. The van der Waals surface area contributed by atoms with Crippen LogP contribution < -0.4 is 11.1 Å². The van der Waals surface area contributed by atoms with Crippen LogP contribution in [0.15, 0.2) is 27.8 Å². The van der Waals surface area contributed by atoms with E-state index in [0.717, 1.165) is 0 Å². The number of nitrogens with zero attached hydrogens (tertiary/aromatic N) is 1. The van der Waals surface area contributed by atoms with Crippen molar-refractivity contribution < 1.29 is 9.90 Å². The van der Waals surface area contributed by atoms with Gasteiger partial charge in [0.15, 0.2) is 0 Å². The Kier molecular flexibility index (Phi) is 3.95. The molecule has 1 aromatic heterocycles. The average Bonchev–Trinajstić information content (AvgIpc) is 2.43. The second-order valence-corrected chi connectivity index (χ2v) is 6.86. The third-order valence-electron chi connectivity index (χ3n) is 3.31. The number of aromatic nitrogens is 2. The van der Waals surface area contributed by atoms with Crippen molar-refractivity contribution in [3.8, 4) is 0 Å². The average molecular weight is 308 g/mol. The van der Waals surface area contributed by atoms with Gasteiger partial charge in [0, 0.05) is 11.3 Å². The number of carboxylic acid groups (broad SMARTS) is 1. The van der Waals surface area contributed by atoms with E-state index in [1.807, 2.05) is 20.1 Å². The van der Waals surface area contributed by atoms with Gasteiger partial charge in [0.25, 0.3) is 0 Å². The van der Waals surface area contributed by atoms with Gasteiger partial charge in [0.05, 0.1) is 16.6 Å². The molecule has 112 valence electrons. The zero-order valence-electron chi connectivity index (χ0n) is 12.0. The number of fused-ring (bicyclic) bond motifs is 1. The number of hydrogen-bond acceptors (Lipinski definition) is 4. The topological polar surface area (TPSA) is 92.2 Å².